The Morgan fingerprint density at radius 2 is 1.79 bits per heavy atom. The summed E-state index contributed by atoms with van der Waals surface area (Å²) in [6, 6.07) is 13.2. The number of carbonyl (C=O) groups excluding carboxylic acids is 1. The minimum absolute atomic E-state index is 0.117. The van der Waals surface area contributed by atoms with Crippen molar-refractivity contribution in [1.29, 1.82) is 0 Å². The number of hydrogen-bond acceptors (Lipinski definition) is 5. The van der Waals surface area contributed by atoms with Gasteiger partial charge in [-0.05, 0) is 37.1 Å². The van der Waals surface area contributed by atoms with Crippen molar-refractivity contribution in [3.8, 4) is 0 Å². The van der Waals surface area contributed by atoms with Crippen LogP contribution in [0.15, 0.2) is 52.4 Å². The number of para-hydroxylation sites is 2. The van der Waals surface area contributed by atoms with Gasteiger partial charge in [-0.1, -0.05) is 42.1 Å². The molecule has 1 N–H and O–H groups in total. The molecule has 142 valence electrons. The number of aryl methyl sites for hydroxylation is 3. The van der Waals surface area contributed by atoms with Gasteiger partial charge in [-0.3, -0.25) is 18.6 Å². The molecule has 0 unspecified atom stereocenters. The standard InChI is InChI=1S/C20H19N5O2S/c1-12-7-6-8-13(2)17(12)21-16(26)11-28-20-23-22-19-24(3)18(27)14-9-4-5-10-15(14)25(19)20/h4-10H,11H2,1-3H3,(H,21,26). The molecule has 0 atom stereocenters. The Morgan fingerprint density at radius 3 is 2.54 bits per heavy atom. The molecule has 2 aromatic carbocycles. The van der Waals surface area contributed by atoms with Crippen molar-refractivity contribution >= 4 is 40.0 Å². The van der Waals surface area contributed by atoms with Gasteiger partial charge < -0.3 is 5.32 Å². The predicted octanol–water partition coefficient (Wildman–Crippen LogP) is 2.93. The van der Waals surface area contributed by atoms with Gasteiger partial charge in [-0.25, -0.2) is 0 Å². The fraction of sp³-hybridized carbons (Fsp3) is 0.200. The predicted molar refractivity (Wildman–Crippen MR) is 111 cm³/mol. The number of carbonyl (C=O) groups is 1. The molecule has 8 heteroatoms. The zero-order valence-electron chi connectivity index (χ0n) is 15.8. The van der Waals surface area contributed by atoms with Gasteiger partial charge in [0, 0.05) is 12.7 Å². The van der Waals surface area contributed by atoms with Crippen LogP contribution in [0.4, 0.5) is 5.69 Å². The Morgan fingerprint density at radius 1 is 1.07 bits per heavy atom. The molecule has 0 aliphatic heterocycles. The maximum atomic E-state index is 12.5. The maximum Gasteiger partial charge on any atom is 0.262 e. The van der Waals surface area contributed by atoms with Gasteiger partial charge in [0.25, 0.3) is 5.56 Å². The number of amides is 1. The zero-order chi connectivity index (χ0) is 19.8. The van der Waals surface area contributed by atoms with E-state index < -0.39 is 0 Å². The average Bonchev–Trinajstić information content (AvgIpc) is 3.12. The molecule has 4 rings (SSSR count). The van der Waals surface area contributed by atoms with E-state index in [4.69, 9.17) is 0 Å². The van der Waals surface area contributed by atoms with Crippen LogP contribution < -0.4 is 10.9 Å². The second-order valence-electron chi connectivity index (χ2n) is 6.60. The van der Waals surface area contributed by atoms with Crippen molar-refractivity contribution in [2.45, 2.75) is 19.0 Å². The molecular weight excluding hydrogens is 374 g/mol. The fourth-order valence-corrected chi connectivity index (χ4v) is 3.96. The number of nitrogens with one attached hydrogen (secondary N) is 1. The number of aromatic nitrogens is 4. The summed E-state index contributed by atoms with van der Waals surface area (Å²) in [6.07, 6.45) is 0. The minimum atomic E-state index is -0.125. The second kappa shape index (κ2) is 7.12. The van der Waals surface area contributed by atoms with E-state index in [1.165, 1.54) is 16.3 Å². The molecule has 0 saturated carbocycles. The lowest BCUT2D eigenvalue weighted by molar-refractivity contribution is -0.113. The molecule has 1 amide bonds. The quantitative estimate of drug-likeness (QED) is 0.539. The highest BCUT2D eigenvalue weighted by Gasteiger charge is 2.16. The molecule has 4 aromatic rings. The van der Waals surface area contributed by atoms with Crippen LogP contribution in [0, 0.1) is 13.8 Å². The Bertz CT molecular complexity index is 1250. The van der Waals surface area contributed by atoms with E-state index in [1.807, 2.05) is 54.6 Å². The van der Waals surface area contributed by atoms with Gasteiger partial charge in [-0.2, -0.15) is 0 Å². The average molecular weight is 393 g/mol. The lowest BCUT2D eigenvalue weighted by atomic mass is 10.1. The summed E-state index contributed by atoms with van der Waals surface area (Å²) in [5, 5.41) is 12.5. The van der Waals surface area contributed by atoms with Crippen molar-refractivity contribution in [2.24, 2.45) is 7.05 Å². The smallest absolute Gasteiger partial charge is 0.262 e. The van der Waals surface area contributed by atoms with Crippen molar-refractivity contribution in [3.63, 3.8) is 0 Å². The van der Waals surface area contributed by atoms with Crippen LogP contribution >= 0.6 is 11.8 Å². The lowest BCUT2D eigenvalue weighted by Gasteiger charge is -2.11. The highest BCUT2D eigenvalue weighted by Crippen LogP contribution is 2.23. The van der Waals surface area contributed by atoms with Crippen LogP contribution in [0.3, 0.4) is 0 Å². The molecule has 7 nitrogen and oxygen atoms in total. The van der Waals surface area contributed by atoms with Crippen molar-refractivity contribution in [1.82, 2.24) is 19.2 Å². The summed E-state index contributed by atoms with van der Waals surface area (Å²) in [7, 11) is 1.67. The summed E-state index contributed by atoms with van der Waals surface area (Å²) in [5.74, 6) is 0.515. The third kappa shape index (κ3) is 3.05. The summed E-state index contributed by atoms with van der Waals surface area (Å²) in [4.78, 5) is 25.0. The molecule has 0 radical (unpaired) electrons. The van der Waals surface area contributed by atoms with E-state index in [0.29, 0.717) is 16.3 Å². The highest BCUT2D eigenvalue weighted by molar-refractivity contribution is 7.99. The zero-order valence-corrected chi connectivity index (χ0v) is 16.6. The number of nitrogens with zero attached hydrogens (tertiary/aromatic N) is 4. The molecular formula is C20H19N5O2S. The SMILES string of the molecule is Cc1cccc(C)c1NC(=O)CSc1nnc2n(C)c(=O)c3ccccc3n12. The molecule has 0 bridgehead atoms. The van der Waals surface area contributed by atoms with Gasteiger partial charge in [0.2, 0.25) is 11.7 Å². The van der Waals surface area contributed by atoms with Gasteiger partial charge in [-0.15, -0.1) is 10.2 Å². The molecule has 0 aliphatic rings. The van der Waals surface area contributed by atoms with E-state index in [-0.39, 0.29) is 17.2 Å². The fourth-order valence-electron chi connectivity index (χ4n) is 3.22. The topological polar surface area (TPSA) is 81.3 Å². The maximum absolute atomic E-state index is 12.5. The second-order valence-corrected chi connectivity index (χ2v) is 7.55. The molecule has 28 heavy (non-hydrogen) atoms. The van der Waals surface area contributed by atoms with Crippen molar-refractivity contribution in [2.75, 3.05) is 11.1 Å². The van der Waals surface area contributed by atoms with Crippen LogP contribution in [0.1, 0.15) is 11.1 Å². The number of benzene rings is 2. The number of thioether (sulfide) groups is 1. The first-order valence-corrected chi connectivity index (χ1v) is 9.77. The number of hydrogen-bond donors (Lipinski definition) is 1. The minimum Gasteiger partial charge on any atom is -0.325 e. The van der Waals surface area contributed by atoms with Crippen LogP contribution in [-0.2, 0) is 11.8 Å². The Hall–Kier alpha value is -3.13. The molecule has 2 heterocycles. The Balaban J connectivity index is 1.64. The highest BCUT2D eigenvalue weighted by atomic mass is 32.2. The summed E-state index contributed by atoms with van der Waals surface area (Å²) in [5.41, 5.74) is 3.48. The third-order valence-electron chi connectivity index (χ3n) is 4.67. The Kier molecular flexibility index (Phi) is 4.64. The van der Waals surface area contributed by atoms with Gasteiger partial charge in [0.15, 0.2) is 5.16 Å². The van der Waals surface area contributed by atoms with Crippen LogP contribution in [0.2, 0.25) is 0 Å². The number of rotatable bonds is 4. The monoisotopic (exact) mass is 393 g/mol. The van der Waals surface area contributed by atoms with Gasteiger partial charge in [0.1, 0.15) is 0 Å². The summed E-state index contributed by atoms with van der Waals surface area (Å²) < 4.78 is 3.28. The van der Waals surface area contributed by atoms with Gasteiger partial charge >= 0.3 is 0 Å². The summed E-state index contributed by atoms with van der Waals surface area (Å²) >= 11 is 1.29. The molecule has 0 fully saturated rings. The molecule has 0 aliphatic carbocycles. The summed E-state index contributed by atoms with van der Waals surface area (Å²) in [6.45, 7) is 3.93. The van der Waals surface area contributed by atoms with Crippen molar-refractivity contribution in [3.05, 3.63) is 63.9 Å². The number of fused-ring (bicyclic) bond motifs is 3. The number of anilines is 1. The van der Waals surface area contributed by atoms with E-state index in [9.17, 15) is 9.59 Å². The van der Waals surface area contributed by atoms with Crippen LogP contribution in [0.25, 0.3) is 16.7 Å². The normalized spacial score (nSPS) is 11.2. The van der Waals surface area contributed by atoms with Crippen LogP contribution in [-0.4, -0.2) is 30.8 Å². The largest absolute Gasteiger partial charge is 0.325 e. The first-order valence-electron chi connectivity index (χ1n) is 8.79. The first-order chi connectivity index (χ1) is 13.5. The van der Waals surface area contributed by atoms with E-state index in [2.05, 4.69) is 15.5 Å². The first kappa shape index (κ1) is 18.2. The van der Waals surface area contributed by atoms with Crippen molar-refractivity contribution < 1.29 is 4.79 Å². The van der Waals surface area contributed by atoms with E-state index in [1.54, 1.807) is 13.1 Å². The van der Waals surface area contributed by atoms with E-state index in [0.717, 1.165) is 22.3 Å². The molecule has 2 aromatic heterocycles. The van der Waals surface area contributed by atoms with Crippen LogP contribution in [0.5, 0.6) is 0 Å². The molecule has 0 saturated heterocycles. The lowest BCUT2D eigenvalue weighted by Crippen LogP contribution is -2.20. The third-order valence-corrected chi connectivity index (χ3v) is 5.60. The Labute approximate surface area is 165 Å². The molecule has 0 spiro atoms. The van der Waals surface area contributed by atoms with Gasteiger partial charge in [0.05, 0.1) is 16.7 Å². The van der Waals surface area contributed by atoms with E-state index >= 15 is 0 Å².